The van der Waals surface area contributed by atoms with Crippen LogP contribution in [0, 0.1) is 12.8 Å². The zero-order valence-corrected chi connectivity index (χ0v) is 9.31. The van der Waals surface area contributed by atoms with Crippen LogP contribution in [0.1, 0.15) is 24.7 Å². The highest BCUT2D eigenvalue weighted by Gasteiger charge is 2.24. The molecule has 1 aromatic heterocycles. The first-order valence-corrected chi connectivity index (χ1v) is 5.43. The fraction of sp³-hybridized carbons (Fsp3) is 0.800. The molecule has 0 amide bonds. The van der Waals surface area contributed by atoms with Gasteiger partial charge in [-0.2, -0.15) is 0 Å². The van der Waals surface area contributed by atoms with Gasteiger partial charge in [-0.15, -0.1) is 0 Å². The molecule has 0 radical (unpaired) electrons. The molecule has 84 valence electrons. The van der Waals surface area contributed by atoms with Crippen LogP contribution in [0.2, 0.25) is 0 Å². The largest absolute Gasteiger partial charge is 0.327 e. The third-order valence-electron chi connectivity index (χ3n) is 3.18. The lowest BCUT2D eigenvalue weighted by molar-refractivity contribution is 0.154. The van der Waals surface area contributed by atoms with E-state index in [0.717, 1.165) is 37.4 Å². The Labute approximate surface area is 89.6 Å². The first-order valence-electron chi connectivity index (χ1n) is 5.43. The summed E-state index contributed by atoms with van der Waals surface area (Å²) < 4.78 is 4.68. The van der Waals surface area contributed by atoms with Gasteiger partial charge in [0.2, 0.25) is 0 Å². The summed E-state index contributed by atoms with van der Waals surface area (Å²) in [6, 6.07) is 0.345. The summed E-state index contributed by atoms with van der Waals surface area (Å²) >= 11 is 0. The van der Waals surface area contributed by atoms with E-state index in [2.05, 4.69) is 26.8 Å². The number of nitrogens with zero attached hydrogens (tertiary/aromatic N) is 3. The van der Waals surface area contributed by atoms with Crippen molar-refractivity contribution in [3.63, 3.8) is 0 Å². The molecule has 15 heavy (non-hydrogen) atoms. The molecule has 5 nitrogen and oxygen atoms in total. The van der Waals surface area contributed by atoms with E-state index in [4.69, 9.17) is 5.73 Å². The van der Waals surface area contributed by atoms with E-state index in [-0.39, 0.29) is 0 Å². The molecule has 0 aliphatic carbocycles. The number of piperidine rings is 1. The molecular weight excluding hydrogens is 192 g/mol. The molecule has 1 aromatic rings. The third kappa shape index (κ3) is 2.35. The summed E-state index contributed by atoms with van der Waals surface area (Å²) in [7, 11) is 0. The highest BCUT2D eigenvalue weighted by Crippen LogP contribution is 2.17. The number of aromatic nitrogens is 2. The van der Waals surface area contributed by atoms with Gasteiger partial charge in [-0.05, 0) is 19.3 Å². The molecule has 1 aliphatic rings. The van der Waals surface area contributed by atoms with Crippen molar-refractivity contribution >= 4 is 0 Å². The Morgan fingerprint density at radius 3 is 2.93 bits per heavy atom. The van der Waals surface area contributed by atoms with E-state index in [1.807, 2.05) is 6.92 Å². The standard InChI is InChI=1S/C10H18N4O/c1-7-5-14(4-3-9(7)11)6-10-8(2)12-15-13-10/h7,9H,3-6,11H2,1-2H3. The number of rotatable bonds is 2. The minimum Gasteiger partial charge on any atom is -0.327 e. The zero-order valence-electron chi connectivity index (χ0n) is 9.31. The first-order chi connectivity index (χ1) is 7.16. The second-order valence-electron chi connectivity index (χ2n) is 4.46. The van der Waals surface area contributed by atoms with Gasteiger partial charge in [-0.1, -0.05) is 17.2 Å². The molecule has 5 heteroatoms. The van der Waals surface area contributed by atoms with Crippen molar-refractivity contribution < 1.29 is 4.63 Å². The fourth-order valence-corrected chi connectivity index (χ4v) is 2.00. The average Bonchev–Trinajstić information content (AvgIpc) is 2.59. The van der Waals surface area contributed by atoms with Crippen LogP contribution in [0.25, 0.3) is 0 Å². The molecule has 2 atom stereocenters. The minimum absolute atomic E-state index is 0.345. The Hall–Kier alpha value is -0.940. The molecule has 1 saturated heterocycles. The number of aryl methyl sites for hydroxylation is 1. The van der Waals surface area contributed by atoms with Crippen LogP contribution in [0.15, 0.2) is 4.63 Å². The maximum Gasteiger partial charge on any atom is 0.122 e. The summed E-state index contributed by atoms with van der Waals surface area (Å²) in [6.07, 6.45) is 1.06. The highest BCUT2D eigenvalue weighted by molar-refractivity contribution is 5.04. The van der Waals surface area contributed by atoms with E-state index >= 15 is 0 Å². The fourth-order valence-electron chi connectivity index (χ4n) is 2.00. The Kier molecular flexibility index (Phi) is 3.02. The Morgan fingerprint density at radius 1 is 1.53 bits per heavy atom. The minimum atomic E-state index is 0.345. The van der Waals surface area contributed by atoms with Crippen LogP contribution in [0.4, 0.5) is 0 Å². The predicted octanol–water partition coefficient (Wildman–Crippen LogP) is 0.547. The van der Waals surface area contributed by atoms with Gasteiger partial charge >= 0.3 is 0 Å². The maximum absolute atomic E-state index is 5.97. The number of likely N-dealkylation sites (tertiary alicyclic amines) is 1. The summed E-state index contributed by atoms with van der Waals surface area (Å²) in [4.78, 5) is 2.36. The molecule has 2 rings (SSSR count). The Balaban J connectivity index is 1.94. The molecule has 2 N–H and O–H groups in total. The quantitative estimate of drug-likeness (QED) is 0.772. The molecule has 0 saturated carbocycles. The van der Waals surface area contributed by atoms with Gasteiger partial charge in [0.1, 0.15) is 11.4 Å². The third-order valence-corrected chi connectivity index (χ3v) is 3.18. The SMILES string of the molecule is Cc1nonc1CN1CCC(N)C(C)C1. The van der Waals surface area contributed by atoms with E-state index < -0.39 is 0 Å². The molecule has 2 heterocycles. The second kappa shape index (κ2) is 4.28. The average molecular weight is 210 g/mol. The van der Waals surface area contributed by atoms with Crippen LogP contribution in [-0.4, -0.2) is 34.3 Å². The molecule has 1 fully saturated rings. The number of hydrogen-bond acceptors (Lipinski definition) is 5. The van der Waals surface area contributed by atoms with E-state index in [1.165, 1.54) is 0 Å². The van der Waals surface area contributed by atoms with Crippen LogP contribution in [-0.2, 0) is 6.54 Å². The van der Waals surface area contributed by atoms with Crippen LogP contribution < -0.4 is 5.73 Å². The summed E-state index contributed by atoms with van der Waals surface area (Å²) in [5.74, 6) is 0.555. The maximum atomic E-state index is 5.97. The van der Waals surface area contributed by atoms with Crippen molar-refractivity contribution in [2.24, 2.45) is 11.7 Å². The zero-order chi connectivity index (χ0) is 10.8. The van der Waals surface area contributed by atoms with Crippen molar-refractivity contribution in [2.75, 3.05) is 13.1 Å². The van der Waals surface area contributed by atoms with Crippen LogP contribution in [0.5, 0.6) is 0 Å². The van der Waals surface area contributed by atoms with Crippen LogP contribution in [0.3, 0.4) is 0 Å². The normalized spacial score (nSPS) is 28.2. The van der Waals surface area contributed by atoms with Crippen molar-refractivity contribution in [1.82, 2.24) is 15.2 Å². The predicted molar refractivity (Wildman–Crippen MR) is 56.1 cm³/mol. The summed E-state index contributed by atoms with van der Waals surface area (Å²) in [6.45, 7) is 7.02. The summed E-state index contributed by atoms with van der Waals surface area (Å²) in [5, 5.41) is 7.67. The Bertz CT molecular complexity index is 325. The van der Waals surface area contributed by atoms with Gasteiger partial charge < -0.3 is 5.73 Å². The Morgan fingerprint density at radius 2 is 2.33 bits per heavy atom. The molecule has 2 unspecified atom stereocenters. The van der Waals surface area contributed by atoms with E-state index in [9.17, 15) is 0 Å². The summed E-state index contributed by atoms with van der Waals surface area (Å²) in [5.41, 5.74) is 7.80. The number of nitrogens with two attached hydrogens (primary N) is 1. The van der Waals surface area contributed by atoms with Crippen molar-refractivity contribution in [3.05, 3.63) is 11.4 Å². The second-order valence-corrected chi connectivity index (χ2v) is 4.46. The molecule has 0 bridgehead atoms. The van der Waals surface area contributed by atoms with Gasteiger partial charge in [0.05, 0.1) is 0 Å². The van der Waals surface area contributed by atoms with Gasteiger partial charge in [-0.25, -0.2) is 4.63 Å². The molecule has 1 aliphatic heterocycles. The lowest BCUT2D eigenvalue weighted by Crippen LogP contribution is -2.45. The van der Waals surface area contributed by atoms with Gasteiger partial charge in [0.25, 0.3) is 0 Å². The number of hydrogen-bond donors (Lipinski definition) is 1. The lowest BCUT2D eigenvalue weighted by atomic mass is 9.95. The first kappa shape index (κ1) is 10.6. The van der Waals surface area contributed by atoms with Crippen LogP contribution >= 0.6 is 0 Å². The van der Waals surface area contributed by atoms with Crippen molar-refractivity contribution in [1.29, 1.82) is 0 Å². The molecule has 0 spiro atoms. The highest BCUT2D eigenvalue weighted by atomic mass is 16.6. The molecular formula is C10H18N4O. The van der Waals surface area contributed by atoms with Gasteiger partial charge in [0.15, 0.2) is 0 Å². The van der Waals surface area contributed by atoms with E-state index in [0.29, 0.717) is 12.0 Å². The van der Waals surface area contributed by atoms with E-state index in [1.54, 1.807) is 0 Å². The van der Waals surface area contributed by atoms with Crippen molar-refractivity contribution in [2.45, 2.75) is 32.9 Å². The van der Waals surface area contributed by atoms with Gasteiger partial charge in [-0.3, -0.25) is 4.90 Å². The lowest BCUT2D eigenvalue weighted by Gasteiger charge is -2.34. The topological polar surface area (TPSA) is 68.2 Å². The monoisotopic (exact) mass is 210 g/mol. The van der Waals surface area contributed by atoms with Crippen molar-refractivity contribution in [3.8, 4) is 0 Å². The van der Waals surface area contributed by atoms with Gasteiger partial charge in [0, 0.05) is 25.7 Å². The smallest absolute Gasteiger partial charge is 0.122 e. The molecule has 0 aromatic carbocycles.